The summed E-state index contributed by atoms with van der Waals surface area (Å²) in [4.78, 5) is 32.5. The first kappa shape index (κ1) is 20.3. The standard InChI is InChI=1S/C23H25N3O3S/c1-16-19(25-23(29-16)20-8-5-13-30-20)14-21(27)26-11-9-18(10-12-26)22(28)24-15-17-6-3-2-4-7-17/h2-8,13,18H,9-12,14-15H2,1H3,(H,24,28). The third kappa shape index (κ3) is 4.79. The maximum atomic E-state index is 12.7. The Kier molecular flexibility index (Phi) is 6.28. The SMILES string of the molecule is Cc1oc(-c2cccs2)nc1CC(=O)N1CCC(C(=O)NCc2ccccc2)CC1. The second-order valence-electron chi connectivity index (χ2n) is 7.53. The Morgan fingerprint density at radius 2 is 1.93 bits per heavy atom. The molecular formula is C23H25N3O3S. The molecule has 3 heterocycles. The van der Waals surface area contributed by atoms with Crippen molar-refractivity contribution in [3.8, 4) is 10.8 Å². The van der Waals surface area contributed by atoms with Crippen LogP contribution in [0.1, 0.15) is 29.9 Å². The van der Waals surface area contributed by atoms with E-state index in [9.17, 15) is 9.59 Å². The zero-order valence-corrected chi connectivity index (χ0v) is 17.8. The predicted molar refractivity (Wildman–Crippen MR) is 116 cm³/mol. The molecule has 1 N–H and O–H groups in total. The molecular weight excluding hydrogens is 398 g/mol. The number of hydrogen-bond donors (Lipinski definition) is 1. The molecule has 0 spiro atoms. The van der Waals surface area contributed by atoms with Crippen molar-refractivity contribution in [3.63, 3.8) is 0 Å². The van der Waals surface area contributed by atoms with Crippen LogP contribution in [0.2, 0.25) is 0 Å². The molecule has 1 aromatic carbocycles. The fraction of sp³-hybridized carbons (Fsp3) is 0.348. The van der Waals surface area contributed by atoms with Gasteiger partial charge in [-0.05, 0) is 36.8 Å². The summed E-state index contributed by atoms with van der Waals surface area (Å²) in [7, 11) is 0. The molecule has 156 valence electrons. The summed E-state index contributed by atoms with van der Waals surface area (Å²) in [6.07, 6.45) is 1.60. The highest BCUT2D eigenvalue weighted by Crippen LogP contribution is 2.26. The number of likely N-dealkylation sites (tertiary alicyclic amines) is 1. The summed E-state index contributed by atoms with van der Waals surface area (Å²) in [6, 6.07) is 13.8. The minimum atomic E-state index is -0.0445. The third-order valence-corrected chi connectivity index (χ3v) is 6.33. The van der Waals surface area contributed by atoms with Crippen LogP contribution in [-0.2, 0) is 22.6 Å². The Labute approximate surface area is 179 Å². The highest BCUT2D eigenvalue weighted by Gasteiger charge is 2.28. The number of amides is 2. The van der Waals surface area contributed by atoms with Crippen LogP contribution < -0.4 is 5.32 Å². The van der Waals surface area contributed by atoms with Crippen molar-refractivity contribution in [2.45, 2.75) is 32.7 Å². The molecule has 0 atom stereocenters. The van der Waals surface area contributed by atoms with Crippen molar-refractivity contribution in [1.29, 1.82) is 0 Å². The van der Waals surface area contributed by atoms with Crippen LogP contribution in [-0.4, -0.2) is 34.8 Å². The van der Waals surface area contributed by atoms with Crippen molar-refractivity contribution in [1.82, 2.24) is 15.2 Å². The minimum absolute atomic E-state index is 0.0345. The van der Waals surface area contributed by atoms with E-state index in [1.807, 2.05) is 59.7 Å². The molecule has 0 bridgehead atoms. The van der Waals surface area contributed by atoms with Crippen LogP contribution in [0.3, 0.4) is 0 Å². The van der Waals surface area contributed by atoms with Gasteiger partial charge in [0.1, 0.15) is 5.76 Å². The number of nitrogens with one attached hydrogen (secondary N) is 1. The first-order valence-electron chi connectivity index (χ1n) is 10.2. The minimum Gasteiger partial charge on any atom is -0.440 e. The normalized spacial score (nSPS) is 14.6. The zero-order chi connectivity index (χ0) is 20.9. The molecule has 3 aromatic rings. The molecule has 2 aromatic heterocycles. The van der Waals surface area contributed by atoms with Crippen LogP contribution in [0, 0.1) is 12.8 Å². The Bertz CT molecular complexity index is 990. The van der Waals surface area contributed by atoms with Gasteiger partial charge in [-0.15, -0.1) is 11.3 Å². The largest absolute Gasteiger partial charge is 0.440 e. The Hall–Kier alpha value is -2.93. The van der Waals surface area contributed by atoms with Crippen LogP contribution >= 0.6 is 11.3 Å². The summed E-state index contributed by atoms with van der Waals surface area (Å²) in [6.45, 7) is 3.57. The van der Waals surface area contributed by atoms with Gasteiger partial charge in [0.2, 0.25) is 17.7 Å². The van der Waals surface area contributed by atoms with E-state index in [0.29, 0.717) is 49.8 Å². The second-order valence-corrected chi connectivity index (χ2v) is 8.48. The number of nitrogens with zero attached hydrogens (tertiary/aromatic N) is 2. The van der Waals surface area contributed by atoms with Gasteiger partial charge in [-0.2, -0.15) is 0 Å². The van der Waals surface area contributed by atoms with E-state index in [1.165, 1.54) is 0 Å². The van der Waals surface area contributed by atoms with Gasteiger partial charge in [-0.3, -0.25) is 9.59 Å². The summed E-state index contributed by atoms with van der Waals surface area (Å²) < 4.78 is 5.73. The number of aromatic nitrogens is 1. The molecule has 4 rings (SSSR count). The van der Waals surface area contributed by atoms with Gasteiger partial charge in [-0.25, -0.2) is 4.98 Å². The number of rotatable bonds is 6. The lowest BCUT2D eigenvalue weighted by atomic mass is 9.95. The van der Waals surface area contributed by atoms with E-state index < -0.39 is 0 Å². The van der Waals surface area contributed by atoms with E-state index in [2.05, 4.69) is 10.3 Å². The molecule has 0 unspecified atom stereocenters. The average Bonchev–Trinajstić information content (AvgIpc) is 3.43. The number of carbonyl (C=O) groups is 2. The first-order chi connectivity index (χ1) is 14.6. The summed E-state index contributed by atoms with van der Waals surface area (Å²) in [5.41, 5.74) is 1.77. The quantitative estimate of drug-likeness (QED) is 0.654. The van der Waals surface area contributed by atoms with E-state index in [4.69, 9.17) is 4.42 Å². The molecule has 0 aliphatic carbocycles. The van der Waals surface area contributed by atoms with Crippen molar-refractivity contribution in [2.24, 2.45) is 5.92 Å². The highest BCUT2D eigenvalue weighted by molar-refractivity contribution is 7.13. The fourth-order valence-corrected chi connectivity index (χ4v) is 4.32. The van der Waals surface area contributed by atoms with Crippen molar-refractivity contribution < 1.29 is 14.0 Å². The van der Waals surface area contributed by atoms with Gasteiger partial charge in [0.05, 0.1) is 17.0 Å². The lowest BCUT2D eigenvalue weighted by Crippen LogP contribution is -2.43. The van der Waals surface area contributed by atoms with E-state index in [1.54, 1.807) is 11.3 Å². The van der Waals surface area contributed by atoms with Gasteiger partial charge in [0, 0.05) is 25.6 Å². The van der Waals surface area contributed by atoms with Crippen molar-refractivity contribution >= 4 is 23.2 Å². The molecule has 1 fully saturated rings. The molecule has 6 nitrogen and oxygen atoms in total. The van der Waals surface area contributed by atoms with E-state index in [0.717, 1.165) is 10.4 Å². The first-order valence-corrected chi connectivity index (χ1v) is 11.1. The second kappa shape index (κ2) is 9.26. The number of piperidine rings is 1. The van der Waals surface area contributed by atoms with Crippen molar-refractivity contribution in [3.05, 3.63) is 64.9 Å². The highest BCUT2D eigenvalue weighted by atomic mass is 32.1. The molecule has 1 saturated heterocycles. The van der Waals surface area contributed by atoms with Crippen LogP contribution in [0.4, 0.5) is 0 Å². The van der Waals surface area contributed by atoms with Gasteiger partial charge >= 0.3 is 0 Å². The smallest absolute Gasteiger partial charge is 0.236 e. The average molecular weight is 424 g/mol. The number of hydrogen-bond acceptors (Lipinski definition) is 5. The molecule has 2 amide bonds. The molecule has 1 aliphatic heterocycles. The van der Waals surface area contributed by atoms with Crippen LogP contribution in [0.25, 0.3) is 10.8 Å². The van der Waals surface area contributed by atoms with Crippen LogP contribution in [0.15, 0.2) is 52.3 Å². The summed E-state index contributed by atoms with van der Waals surface area (Å²) >= 11 is 1.56. The lowest BCUT2D eigenvalue weighted by molar-refractivity contribution is -0.135. The maximum Gasteiger partial charge on any atom is 0.236 e. The molecule has 0 radical (unpaired) electrons. The number of aryl methyl sites for hydroxylation is 1. The van der Waals surface area contributed by atoms with Gasteiger partial charge in [0.15, 0.2) is 0 Å². The topological polar surface area (TPSA) is 75.4 Å². The van der Waals surface area contributed by atoms with Gasteiger partial charge in [-0.1, -0.05) is 36.4 Å². The van der Waals surface area contributed by atoms with Gasteiger partial charge in [0.25, 0.3) is 0 Å². The fourth-order valence-electron chi connectivity index (χ4n) is 3.67. The van der Waals surface area contributed by atoms with Crippen LogP contribution in [0.5, 0.6) is 0 Å². The zero-order valence-electron chi connectivity index (χ0n) is 17.0. The summed E-state index contributed by atoms with van der Waals surface area (Å²) in [5, 5.41) is 4.98. The molecule has 7 heteroatoms. The van der Waals surface area contributed by atoms with Gasteiger partial charge < -0.3 is 14.6 Å². The Morgan fingerprint density at radius 3 is 2.63 bits per heavy atom. The maximum absolute atomic E-state index is 12.7. The monoisotopic (exact) mass is 423 g/mol. The number of carbonyl (C=O) groups excluding carboxylic acids is 2. The lowest BCUT2D eigenvalue weighted by Gasteiger charge is -2.31. The Balaban J connectivity index is 1.27. The van der Waals surface area contributed by atoms with Crippen molar-refractivity contribution in [2.75, 3.05) is 13.1 Å². The van der Waals surface area contributed by atoms with E-state index >= 15 is 0 Å². The number of thiophene rings is 1. The Morgan fingerprint density at radius 1 is 1.17 bits per heavy atom. The molecule has 0 saturated carbocycles. The molecule has 1 aliphatic rings. The number of benzene rings is 1. The third-order valence-electron chi connectivity index (χ3n) is 5.47. The summed E-state index contributed by atoms with van der Waals surface area (Å²) in [5.74, 6) is 1.31. The molecule has 30 heavy (non-hydrogen) atoms. The number of oxazole rings is 1. The predicted octanol–water partition coefficient (Wildman–Crippen LogP) is 3.81. The van der Waals surface area contributed by atoms with E-state index in [-0.39, 0.29) is 24.2 Å².